The van der Waals surface area contributed by atoms with E-state index in [9.17, 15) is 22.0 Å². The minimum Gasteiger partial charge on any atom is -0.488 e. The van der Waals surface area contributed by atoms with E-state index in [0.29, 0.717) is 6.42 Å². The van der Waals surface area contributed by atoms with E-state index >= 15 is 0 Å². The second kappa shape index (κ2) is 8.03. The Bertz CT molecular complexity index is 1290. The normalized spacial score (nSPS) is 19.5. The van der Waals surface area contributed by atoms with Crippen molar-refractivity contribution in [2.45, 2.75) is 23.8 Å². The molecule has 1 atom stereocenters. The van der Waals surface area contributed by atoms with Gasteiger partial charge in [0.15, 0.2) is 23.1 Å². The average Bonchev–Trinajstić information content (AvgIpc) is 3.02. The number of aromatic nitrogens is 1. The maximum Gasteiger partial charge on any atom is 0.276 e. The van der Waals surface area contributed by atoms with Gasteiger partial charge in [0.1, 0.15) is 11.5 Å². The summed E-state index contributed by atoms with van der Waals surface area (Å²) in [5, 5.41) is 2.45. The zero-order chi connectivity index (χ0) is 23.1. The van der Waals surface area contributed by atoms with Gasteiger partial charge in [-0.25, -0.2) is 21.9 Å². The molecule has 1 aromatic heterocycles. The number of anilines is 1. The largest absolute Gasteiger partial charge is 0.488 e. The Balaban J connectivity index is 1.66. The first kappa shape index (κ1) is 22.0. The van der Waals surface area contributed by atoms with Crippen LogP contribution in [0.5, 0.6) is 5.75 Å². The SMILES string of the molecule is Cn1cc2c(c1C(=O)Nc1ccc(F)c(F)c1)OC[C@](C)(Cc1ccccc1)NS2(=O)=O. The molecule has 1 aliphatic rings. The summed E-state index contributed by atoms with van der Waals surface area (Å²) >= 11 is 0. The van der Waals surface area contributed by atoms with E-state index in [1.165, 1.54) is 23.9 Å². The Morgan fingerprint density at radius 3 is 2.59 bits per heavy atom. The van der Waals surface area contributed by atoms with Crippen LogP contribution in [0.1, 0.15) is 23.0 Å². The van der Waals surface area contributed by atoms with Gasteiger partial charge in [0.2, 0.25) is 10.0 Å². The van der Waals surface area contributed by atoms with E-state index in [0.717, 1.165) is 17.7 Å². The standard InChI is InChI=1S/C22H21F2N3O4S/c1-22(11-14-6-4-3-5-7-14)13-31-20-18(32(29,30)26-22)12-27(2)19(20)21(28)25-15-8-9-16(23)17(24)10-15/h3-10,12,26H,11,13H2,1-2H3,(H,25,28)/t22-/m0/s1. The lowest BCUT2D eigenvalue weighted by molar-refractivity contribution is 0.101. The van der Waals surface area contributed by atoms with Crippen LogP contribution in [-0.2, 0) is 23.5 Å². The van der Waals surface area contributed by atoms with Gasteiger partial charge >= 0.3 is 0 Å². The van der Waals surface area contributed by atoms with Gasteiger partial charge in [-0.15, -0.1) is 0 Å². The molecule has 2 heterocycles. The van der Waals surface area contributed by atoms with E-state index in [-0.39, 0.29) is 28.6 Å². The topological polar surface area (TPSA) is 89.4 Å². The fraction of sp³-hybridized carbons (Fsp3) is 0.227. The van der Waals surface area contributed by atoms with Crippen molar-refractivity contribution in [3.8, 4) is 5.75 Å². The molecule has 0 fully saturated rings. The zero-order valence-electron chi connectivity index (χ0n) is 17.4. The quantitative estimate of drug-likeness (QED) is 0.624. The van der Waals surface area contributed by atoms with E-state index in [1.807, 2.05) is 30.3 Å². The molecule has 0 radical (unpaired) electrons. The van der Waals surface area contributed by atoms with Crippen LogP contribution in [0.25, 0.3) is 0 Å². The fourth-order valence-corrected chi connectivity index (χ4v) is 5.29. The smallest absolute Gasteiger partial charge is 0.276 e. The number of halogens is 2. The predicted octanol–water partition coefficient (Wildman–Crippen LogP) is 3.23. The van der Waals surface area contributed by atoms with Gasteiger partial charge in [-0.3, -0.25) is 4.79 Å². The van der Waals surface area contributed by atoms with Gasteiger partial charge in [-0.05, 0) is 31.0 Å². The molecule has 3 aromatic rings. The molecule has 1 amide bonds. The lowest BCUT2D eigenvalue weighted by Gasteiger charge is -2.28. The number of benzene rings is 2. The maximum absolute atomic E-state index is 13.5. The third kappa shape index (κ3) is 4.23. The van der Waals surface area contributed by atoms with Crippen molar-refractivity contribution in [3.63, 3.8) is 0 Å². The number of ether oxygens (including phenoxy) is 1. The van der Waals surface area contributed by atoms with Gasteiger partial charge in [-0.2, -0.15) is 0 Å². The summed E-state index contributed by atoms with van der Waals surface area (Å²) < 4.78 is 62.8. The van der Waals surface area contributed by atoms with Crippen LogP contribution >= 0.6 is 0 Å². The number of sulfonamides is 1. The van der Waals surface area contributed by atoms with E-state index in [4.69, 9.17) is 4.74 Å². The number of fused-ring (bicyclic) bond motifs is 1. The van der Waals surface area contributed by atoms with Crippen LogP contribution in [0.2, 0.25) is 0 Å². The third-order valence-electron chi connectivity index (χ3n) is 5.14. The molecule has 7 nitrogen and oxygen atoms in total. The summed E-state index contributed by atoms with van der Waals surface area (Å²) in [7, 11) is -2.52. The molecule has 10 heteroatoms. The second-order valence-corrected chi connectivity index (χ2v) is 9.63. The first-order valence-corrected chi connectivity index (χ1v) is 11.2. The highest BCUT2D eigenvalue weighted by atomic mass is 32.2. The number of nitrogens with one attached hydrogen (secondary N) is 2. The van der Waals surface area contributed by atoms with Crippen LogP contribution < -0.4 is 14.8 Å². The highest BCUT2D eigenvalue weighted by Gasteiger charge is 2.40. The molecule has 2 aromatic carbocycles. The fourth-order valence-electron chi connectivity index (χ4n) is 3.71. The number of hydrogen-bond acceptors (Lipinski definition) is 4. The summed E-state index contributed by atoms with van der Waals surface area (Å²) in [6.45, 7) is 1.70. The lowest BCUT2D eigenvalue weighted by atomic mass is 9.95. The predicted molar refractivity (Wildman–Crippen MR) is 114 cm³/mol. The monoisotopic (exact) mass is 461 g/mol. The first-order chi connectivity index (χ1) is 15.1. The Labute approximate surface area is 184 Å². The minimum atomic E-state index is -4.01. The molecule has 2 N–H and O–H groups in total. The summed E-state index contributed by atoms with van der Waals surface area (Å²) in [6, 6.07) is 12.3. The highest BCUT2D eigenvalue weighted by molar-refractivity contribution is 7.89. The summed E-state index contributed by atoms with van der Waals surface area (Å²) in [6.07, 6.45) is 1.66. The van der Waals surface area contributed by atoms with Crippen molar-refractivity contribution >= 4 is 21.6 Å². The van der Waals surface area contributed by atoms with Gasteiger partial charge in [0.05, 0.1) is 5.54 Å². The lowest BCUT2D eigenvalue weighted by Crippen LogP contribution is -2.50. The minimum absolute atomic E-state index is 0.0207. The second-order valence-electron chi connectivity index (χ2n) is 7.98. The van der Waals surface area contributed by atoms with Crippen LogP contribution in [-0.4, -0.2) is 31.0 Å². The molecule has 1 aliphatic heterocycles. The van der Waals surface area contributed by atoms with Gasteiger partial charge in [0, 0.05) is 25.0 Å². The van der Waals surface area contributed by atoms with Crippen molar-refractivity contribution in [1.82, 2.24) is 9.29 Å². The number of aryl methyl sites for hydroxylation is 1. The van der Waals surface area contributed by atoms with Crippen molar-refractivity contribution < 1.29 is 26.7 Å². The number of amides is 1. The Morgan fingerprint density at radius 2 is 1.91 bits per heavy atom. The summed E-state index contributed by atoms with van der Waals surface area (Å²) in [5.41, 5.74) is -0.0744. The number of rotatable bonds is 4. The molecule has 32 heavy (non-hydrogen) atoms. The molecule has 0 saturated carbocycles. The van der Waals surface area contributed by atoms with E-state index < -0.39 is 33.1 Å². The highest BCUT2D eigenvalue weighted by Crippen LogP contribution is 2.35. The summed E-state index contributed by atoms with van der Waals surface area (Å²) in [5.74, 6) is -2.99. The molecular weight excluding hydrogens is 440 g/mol. The van der Waals surface area contributed by atoms with Crippen LogP contribution in [0, 0.1) is 11.6 Å². The van der Waals surface area contributed by atoms with Crippen molar-refractivity contribution in [2.24, 2.45) is 7.05 Å². The van der Waals surface area contributed by atoms with Crippen molar-refractivity contribution in [1.29, 1.82) is 0 Å². The molecule has 0 bridgehead atoms. The Morgan fingerprint density at radius 1 is 1.19 bits per heavy atom. The first-order valence-electron chi connectivity index (χ1n) is 9.74. The number of carbonyl (C=O) groups is 1. The van der Waals surface area contributed by atoms with E-state index in [2.05, 4.69) is 10.0 Å². The number of nitrogens with zero attached hydrogens (tertiary/aromatic N) is 1. The van der Waals surface area contributed by atoms with Gasteiger partial charge < -0.3 is 14.6 Å². The average molecular weight is 461 g/mol. The molecule has 0 unspecified atom stereocenters. The molecule has 0 saturated heterocycles. The molecule has 0 spiro atoms. The van der Waals surface area contributed by atoms with Gasteiger partial charge in [0.25, 0.3) is 5.91 Å². The maximum atomic E-state index is 13.5. The van der Waals surface area contributed by atoms with Crippen LogP contribution in [0.15, 0.2) is 59.6 Å². The summed E-state index contributed by atoms with van der Waals surface area (Å²) in [4.78, 5) is 12.7. The molecular formula is C22H21F2N3O4S. The van der Waals surface area contributed by atoms with E-state index in [1.54, 1.807) is 6.92 Å². The third-order valence-corrected chi connectivity index (χ3v) is 6.77. The molecule has 0 aliphatic carbocycles. The number of hydrogen-bond donors (Lipinski definition) is 2. The molecule has 4 rings (SSSR count). The zero-order valence-corrected chi connectivity index (χ0v) is 18.2. The van der Waals surface area contributed by atoms with Crippen LogP contribution in [0.4, 0.5) is 14.5 Å². The Kier molecular flexibility index (Phi) is 5.51. The number of carbonyl (C=O) groups excluding carboxylic acids is 1. The van der Waals surface area contributed by atoms with Crippen LogP contribution in [0.3, 0.4) is 0 Å². The van der Waals surface area contributed by atoms with Gasteiger partial charge in [-0.1, -0.05) is 30.3 Å². The van der Waals surface area contributed by atoms with Crippen molar-refractivity contribution in [3.05, 3.63) is 77.6 Å². The molecule has 168 valence electrons. The van der Waals surface area contributed by atoms with Crippen molar-refractivity contribution in [2.75, 3.05) is 11.9 Å². The Hall–Kier alpha value is -3.24.